The Balaban J connectivity index is 1.55. The van der Waals surface area contributed by atoms with Crippen molar-refractivity contribution in [2.24, 2.45) is 0 Å². The Bertz CT molecular complexity index is 1300. The molecule has 0 aromatic heterocycles. The monoisotopic (exact) mass is 514 g/mol. The summed E-state index contributed by atoms with van der Waals surface area (Å²) >= 11 is 12.4. The third-order valence-electron chi connectivity index (χ3n) is 5.19. The first kappa shape index (κ1) is 24.6. The lowest BCUT2D eigenvalue weighted by Gasteiger charge is -2.15. The molecule has 3 amide bonds. The topological polar surface area (TPSA) is 67.9 Å². The first-order valence-corrected chi connectivity index (χ1v) is 11.5. The van der Waals surface area contributed by atoms with E-state index in [1.54, 1.807) is 61.5 Å². The van der Waals surface area contributed by atoms with Crippen molar-refractivity contribution in [3.05, 3.63) is 98.9 Å². The minimum atomic E-state index is -0.530. The minimum absolute atomic E-state index is 0.0406. The third kappa shape index (κ3) is 5.75. The van der Waals surface area contributed by atoms with E-state index < -0.39 is 11.9 Å². The summed E-state index contributed by atoms with van der Waals surface area (Å²) in [5.74, 6) is -0.274. The molecule has 35 heavy (non-hydrogen) atoms. The van der Waals surface area contributed by atoms with Gasteiger partial charge in [-0.05, 0) is 54.5 Å². The van der Waals surface area contributed by atoms with Gasteiger partial charge in [0, 0.05) is 10.6 Å². The highest BCUT2D eigenvalue weighted by Gasteiger charge is 2.33. The van der Waals surface area contributed by atoms with Crippen LogP contribution < -0.4 is 14.8 Å². The van der Waals surface area contributed by atoms with Crippen LogP contribution >= 0.6 is 23.2 Å². The Labute approximate surface area is 211 Å². The number of hydrogen-bond donors (Lipinski definition) is 1. The van der Waals surface area contributed by atoms with E-state index in [1.807, 2.05) is 0 Å². The summed E-state index contributed by atoms with van der Waals surface area (Å²) in [6, 6.07) is 15.8. The van der Waals surface area contributed by atoms with Gasteiger partial charge in [0.1, 0.15) is 18.1 Å². The van der Waals surface area contributed by atoms with Gasteiger partial charge in [-0.1, -0.05) is 53.5 Å². The zero-order chi connectivity index (χ0) is 24.9. The number of urea groups is 1. The van der Waals surface area contributed by atoms with E-state index in [0.717, 1.165) is 10.5 Å². The predicted octanol–water partition coefficient (Wildman–Crippen LogP) is 6.20. The number of carbonyl (C=O) groups excluding carboxylic acids is 2. The molecular weight excluding hydrogens is 494 g/mol. The Morgan fingerprint density at radius 3 is 2.49 bits per heavy atom. The van der Waals surface area contributed by atoms with Crippen LogP contribution in [0.4, 0.5) is 9.18 Å². The molecule has 1 aliphatic heterocycles. The van der Waals surface area contributed by atoms with Crippen molar-refractivity contribution in [2.75, 3.05) is 6.61 Å². The molecule has 1 fully saturated rings. The molecule has 1 aliphatic rings. The number of halogens is 3. The summed E-state index contributed by atoms with van der Waals surface area (Å²) in [6.07, 6.45) is 1.51. The molecule has 0 spiro atoms. The lowest BCUT2D eigenvalue weighted by atomic mass is 10.1. The number of ether oxygens (including phenoxy) is 2. The summed E-state index contributed by atoms with van der Waals surface area (Å²) in [5, 5.41) is 3.37. The number of nitrogens with one attached hydrogen (secondary N) is 1. The van der Waals surface area contributed by atoms with Crippen molar-refractivity contribution in [2.45, 2.75) is 20.1 Å². The zero-order valence-electron chi connectivity index (χ0n) is 18.7. The van der Waals surface area contributed by atoms with Crippen molar-refractivity contribution in [3.63, 3.8) is 0 Å². The van der Waals surface area contributed by atoms with Gasteiger partial charge in [-0.3, -0.25) is 9.69 Å². The molecule has 0 radical (unpaired) electrons. The second-order valence-electron chi connectivity index (χ2n) is 7.65. The van der Waals surface area contributed by atoms with Crippen LogP contribution in [-0.4, -0.2) is 23.4 Å². The number of hydrogen-bond acceptors (Lipinski definition) is 4. The molecule has 1 heterocycles. The number of rotatable bonds is 8. The summed E-state index contributed by atoms with van der Waals surface area (Å²) in [6.45, 7) is 2.19. The zero-order valence-corrected chi connectivity index (χ0v) is 20.2. The maximum atomic E-state index is 14.0. The number of carbonyl (C=O) groups is 2. The fourth-order valence-electron chi connectivity index (χ4n) is 3.49. The van der Waals surface area contributed by atoms with E-state index in [4.69, 9.17) is 32.7 Å². The molecule has 1 saturated heterocycles. The number of benzene rings is 3. The fraction of sp³-hybridized carbons (Fsp3) is 0.154. The molecule has 4 rings (SSSR count). The van der Waals surface area contributed by atoms with Crippen molar-refractivity contribution in [1.29, 1.82) is 0 Å². The molecule has 180 valence electrons. The molecular formula is C26H21Cl2FN2O4. The second-order valence-corrected chi connectivity index (χ2v) is 8.49. The first-order chi connectivity index (χ1) is 16.9. The maximum Gasteiger partial charge on any atom is 0.329 e. The third-order valence-corrected chi connectivity index (χ3v) is 5.72. The van der Waals surface area contributed by atoms with Crippen LogP contribution in [0.3, 0.4) is 0 Å². The molecule has 9 heteroatoms. The Kier molecular flexibility index (Phi) is 7.58. The SMILES string of the molecule is CCOc1cc(/C=C2\NC(=O)N(Cc3ccc(Cl)cc3)C2=O)cc(Cl)c1OCc1ccccc1F. The van der Waals surface area contributed by atoms with Crippen molar-refractivity contribution >= 4 is 41.2 Å². The molecule has 3 aromatic rings. The molecule has 0 bridgehead atoms. The van der Waals surface area contributed by atoms with Gasteiger partial charge in [0.15, 0.2) is 11.5 Å². The van der Waals surface area contributed by atoms with Gasteiger partial charge in [0.05, 0.1) is 18.2 Å². The minimum Gasteiger partial charge on any atom is -0.490 e. The van der Waals surface area contributed by atoms with Crippen LogP contribution in [0.25, 0.3) is 6.08 Å². The van der Waals surface area contributed by atoms with Gasteiger partial charge in [-0.15, -0.1) is 0 Å². The highest BCUT2D eigenvalue weighted by molar-refractivity contribution is 6.32. The lowest BCUT2D eigenvalue weighted by molar-refractivity contribution is -0.123. The molecule has 0 aliphatic carbocycles. The van der Waals surface area contributed by atoms with Gasteiger partial charge >= 0.3 is 6.03 Å². The van der Waals surface area contributed by atoms with E-state index in [2.05, 4.69) is 5.32 Å². The van der Waals surface area contributed by atoms with Crippen molar-refractivity contribution in [1.82, 2.24) is 10.2 Å². The first-order valence-electron chi connectivity index (χ1n) is 10.8. The summed E-state index contributed by atoms with van der Waals surface area (Å²) in [4.78, 5) is 26.4. The van der Waals surface area contributed by atoms with Gasteiger partial charge in [-0.25, -0.2) is 9.18 Å². The van der Waals surface area contributed by atoms with Gasteiger partial charge in [-0.2, -0.15) is 0 Å². The summed E-state index contributed by atoms with van der Waals surface area (Å²) in [5.41, 5.74) is 1.76. The molecule has 1 N–H and O–H groups in total. The molecule has 6 nitrogen and oxygen atoms in total. The molecule has 3 aromatic carbocycles. The summed E-state index contributed by atoms with van der Waals surface area (Å²) in [7, 11) is 0. The molecule has 0 unspecified atom stereocenters. The largest absolute Gasteiger partial charge is 0.490 e. The van der Waals surface area contributed by atoms with E-state index >= 15 is 0 Å². The summed E-state index contributed by atoms with van der Waals surface area (Å²) < 4.78 is 25.4. The van der Waals surface area contributed by atoms with Crippen LogP contribution in [0.2, 0.25) is 10.0 Å². The van der Waals surface area contributed by atoms with Gasteiger partial charge in [0.25, 0.3) is 5.91 Å². The fourth-order valence-corrected chi connectivity index (χ4v) is 3.89. The normalized spacial score (nSPS) is 14.4. The molecule has 0 atom stereocenters. The van der Waals surface area contributed by atoms with Crippen LogP contribution in [0.15, 0.2) is 66.4 Å². The molecule has 0 saturated carbocycles. The van der Waals surface area contributed by atoms with E-state index in [-0.39, 0.29) is 35.4 Å². The predicted molar refractivity (Wildman–Crippen MR) is 132 cm³/mol. The quantitative estimate of drug-likeness (QED) is 0.287. The van der Waals surface area contributed by atoms with Crippen LogP contribution in [0, 0.1) is 5.82 Å². The van der Waals surface area contributed by atoms with Gasteiger partial charge in [0.2, 0.25) is 0 Å². The highest BCUT2D eigenvalue weighted by atomic mass is 35.5. The highest BCUT2D eigenvalue weighted by Crippen LogP contribution is 2.38. The Hall–Kier alpha value is -3.55. The maximum absolute atomic E-state index is 14.0. The van der Waals surface area contributed by atoms with E-state index in [1.165, 1.54) is 12.1 Å². The average molecular weight is 515 g/mol. The second kappa shape index (κ2) is 10.8. The number of imide groups is 1. The standard InChI is InChI=1S/C26H21Cl2FN2O4/c1-2-34-23-13-17(11-20(28)24(23)35-15-18-5-3-4-6-21(18)29)12-22-25(32)31(26(33)30-22)14-16-7-9-19(27)10-8-16/h3-13H,2,14-15H2,1H3,(H,30,33)/b22-12-. The number of amides is 3. The van der Waals surface area contributed by atoms with Crippen LogP contribution in [0.1, 0.15) is 23.6 Å². The Morgan fingerprint density at radius 2 is 1.77 bits per heavy atom. The number of nitrogens with zero attached hydrogens (tertiary/aromatic N) is 1. The lowest BCUT2D eigenvalue weighted by Crippen LogP contribution is -2.30. The Morgan fingerprint density at radius 1 is 1.03 bits per heavy atom. The van der Waals surface area contributed by atoms with Crippen molar-refractivity contribution in [3.8, 4) is 11.5 Å². The van der Waals surface area contributed by atoms with E-state index in [0.29, 0.717) is 28.5 Å². The van der Waals surface area contributed by atoms with E-state index in [9.17, 15) is 14.0 Å². The van der Waals surface area contributed by atoms with Crippen LogP contribution in [-0.2, 0) is 17.9 Å². The average Bonchev–Trinajstić information content (AvgIpc) is 3.08. The van der Waals surface area contributed by atoms with Gasteiger partial charge < -0.3 is 14.8 Å². The van der Waals surface area contributed by atoms with Crippen LogP contribution in [0.5, 0.6) is 11.5 Å². The smallest absolute Gasteiger partial charge is 0.329 e. The van der Waals surface area contributed by atoms with Crippen molar-refractivity contribution < 1.29 is 23.5 Å².